The number of likely N-dealkylation sites (N-methyl/N-ethyl adjacent to an activating group) is 1. The maximum absolute atomic E-state index is 11.8. The third kappa shape index (κ3) is 2.62. The van der Waals surface area contributed by atoms with Crippen molar-refractivity contribution in [1.29, 1.82) is 0 Å². The maximum Gasteiger partial charge on any atom is 0.334 e. The lowest BCUT2D eigenvalue weighted by Crippen LogP contribution is -2.51. The predicted octanol–water partition coefficient (Wildman–Crippen LogP) is 2.42. The molecule has 0 fully saturated rings. The van der Waals surface area contributed by atoms with Gasteiger partial charge in [0.2, 0.25) is 6.41 Å². The minimum atomic E-state index is -1.28. The van der Waals surface area contributed by atoms with E-state index in [2.05, 4.69) is 0 Å². The molecule has 1 unspecified atom stereocenters. The zero-order chi connectivity index (χ0) is 14.5. The number of carbonyl (C=O) groups is 2. The van der Waals surface area contributed by atoms with Crippen molar-refractivity contribution in [3.63, 3.8) is 0 Å². The van der Waals surface area contributed by atoms with Gasteiger partial charge in [-0.2, -0.15) is 0 Å². The van der Waals surface area contributed by atoms with Gasteiger partial charge in [0.25, 0.3) is 0 Å². The van der Waals surface area contributed by atoms with E-state index < -0.39 is 11.5 Å². The molecule has 4 heteroatoms. The number of rotatable bonds is 7. The Balaban J connectivity index is 3.36. The summed E-state index contributed by atoms with van der Waals surface area (Å²) in [5, 5.41) is 9.64. The number of aryl methyl sites for hydroxylation is 1. The number of carbonyl (C=O) groups excluding carboxylic acids is 1. The zero-order valence-corrected chi connectivity index (χ0v) is 11.7. The predicted molar refractivity (Wildman–Crippen MR) is 73.9 cm³/mol. The highest BCUT2D eigenvalue weighted by Gasteiger charge is 2.43. The van der Waals surface area contributed by atoms with Gasteiger partial charge in [-0.15, -0.1) is 0 Å². The molecule has 0 radical (unpaired) electrons. The van der Waals surface area contributed by atoms with Gasteiger partial charge in [-0.05, 0) is 30.9 Å². The molecule has 0 saturated heterocycles. The Morgan fingerprint density at radius 2 is 1.84 bits per heavy atom. The van der Waals surface area contributed by atoms with Gasteiger partial charge in [0.1, 0.15) is 0 Å². The molecule has 0 bridgehead atoms. The van der Waals surface area contributed by atoms with Crippen molar-refractivity contribution in [2.75, 3.05) is 6.54 Å². The van der Waals surface area contributed by atoms with Crippen molar-refractivity contribution in [2.24, 2.45) is 0 Å². The number of benzene rings is 1. The van der Waals surface area contributed by atoms with Gasteiger partial charge >= 0.3 is 5.97 Å². The van der Waals surface area contributed by atoms with Gasteiger partial charge in [0, 0.05) is 6.54 Å². The summed E-state index contributed by atoms with van der Waals surface area (Å²) in [7, 11) is 0. The molecular weight excluding hydrogens is 242 g/mol. The fourth-order valence-corrected chi connectivity index (χ4v) is 2.42. The summed E-state index contributed by atoms with van der Waals surface area (Å²) in [5.41, 5.74) is 0.518. The minimum Gasteiger partial charge on any atom is -0.479 e. The number of nitrogens with zero attached hydrogens (tertiary/aromatic N) is 1. The number of aliphatic carboxylic acids is 1. The SMILES string of the molecule is CCc1ccc(C(CC)(C(=O)O)N(C=O)CC)cc1. The quantitative estimate of drug-likeness (QED) is 0.769. The molecule has 0 heterocycles. The van der Waals surface area contributed by atoms with Crippen molar-refractivity contribution >= 4 is 12.4 Å². The molecule has 1 rings (SSSR count). The second-order valence-corrected chi connectivity index (χ2v) is 4.46. The summed E-state index contributed by atoms with van der Waals surface area (Å²) in [6.07, 6.45) is 1.85. The standard InChI is InChI=1S/C15H21NO3/c1-4-12-7-9-13(10-8-12)15(5-2,14(18)19)16(6-3)11-17/h7-11H,4-6H2,1-3H3,(H,18,19). The first-order valence-electron chi connectivity index (χ1n) is 6.61. The fourth-order valence-electron chi connectivity index (χ4n) is 2.42. The van der Waals surface area contributed by atoms with Crippen LogP contribution in [0.1, 0.15) is 38.3 Å². The molecule has 4 nitrogen and oxygen atoms in total. The van der Waals surface area contributed by atoms with Crippen LogP contribution in [0.2, 0.25) is 0 Å². The van der Waals surface area contributed by atoms with Gasteiger partial charge in [-0.1, -0.05) is 38.1 Å². The Labute approximate surface area is 114 Å². The third-order valence-electron chi connectivity index (χ3n) is 3.66. The number of carboxylic acids is 1. The first kappa shape index (κ1) is 15.2. The van der Waals surface area contributed by atoms with E-state index in [0.29, 0.717) is 24.9 Å². The highest BCUT2D eigenvalue weighted by molar-refractivity contribution is 5.83. The Kier molecular flexibility index (Phi) is 5.10. The van der Waals surface area contributed by atoms with Gasteiger partial charge in [-0.3, -0.25) is 4.79 Å². The molecule has 0 aromatic heterocycles. The molecule has 1 N–H and O–H groups in total. The van der Waals surface area contributed by atoms with Gasteiger partial charge in [0.05, 0.1) is 0 Å². The maximum atomic E-state index is 11.8. The lowest BCUT2D eigenvalue weighted by atomic mass is 9.85. The molecule has 1 aromatic rings. The summed E-state index contributed by atoms with van der Waals surface area (Å²) >= 11 is 0. The van der Waals surface area contributed by atoms with E-state index in [9.17, 15) is 14.7 Å². The van der Waals surface area contributed by atoms with Crippen LogP contribution in [0.4, 0.5) is 0 Å². The van der Waals surface area contributed by atoms with Crippen LogP contribution < -0.4 is 0 Å². The Morgan fingerprint density at radius 1 is 1.26 bits per heavy atom. The minimum absolute atomic E-state index is 0.334. The van der Waals surface area contributed by atoms with E-state index in [0.717, 1.165) is 12.0 Å². The van der Waals surface area contributed by atoms with Crippen LogP contribution in [0.5, 0.6) is 0 Å². The summed E-state index contributed by atoms with van der Waals surface area (Å²) in [5.74, 6) is -0.992. The number of amides is 1. The van der Waals surface area contributed by atoms with Crippen LogP contribution in [-0.4, -0.2) is 28.9 Å². The molecular formula is C15H21NO3. The first-order chi connectivity index (χ1) is 9.06. The number of hydrogen-bond donors (Lipinski definition) is 1. The molecule has 0 aliphatic carbocycles. The summed E-state index contributed by atoms with van der Waals surface area (Å²) < 4.78 is 0. The van der Waals surface area contributed by atoms with Gasteiger partial charge in [0.15, 0.2) is 5.54 Å². The average Bonchev–Trinajstić information content (AvgIpc) is 2.44. The van der Waals surface area contributed by atoms with E-state index >= 15 is 0 Å². The molecule has 1 aromatic carbocycles. The molecule has 0 spiro atoms. The third-order valence-corrected chi connectivity index (χ3v) is 3.66. The van der Waals surface area contributed by atoms with Crippen LogP contribution >= 0.6 is 0 Å². The smallest absolute Gasteiger partial charge is 0.334 e. The molecule has 19 heavy (non-hydrogen) atoms. The van der Waals surface area contributed by atoms with Crippen molar-refractivity contribution in [1.82, 2.24) is 4.90 Å². The highest BCUT2D eigenvalue weighted by Crippen LogP contribution is 2.32. The van der Waals surface area contributed by atoms with E-state index in [-0.39, 0.29) is 0 Å². The molecule has 0 aliphatic heterocycles. The second-order valence-electron chi connectivity index (χ2n) is 4.46. The number of carboxylic acid groups (broad SMARTS) is 1. The van der Waals surface area contributed by atoms with E-state index in [1.165, 1.54) is 4.90 Å². The largest absolute Gasteiger partial charge is 0.479 e. The van der Waals surface area contributed by atoms with Gasteiger partial charge in [-0.25, -0.2) is 4.79 Å². The van der Waals surface area contributed by atoms with E-state index in [1.54, 1.807) is 13.8 Å². The van der Waals surface area contributed by atoms with Crippen LogP contribution in [0.15, 0.2) is 24.3 Å². The lowest BCUT2D eigenvalue weighted by Gasteiger charge is -2.37. The van der Waals surface area contributed by atoms with Crippen LogP contribution in [0, 0.1) is 0 Å². The average molecular weight is 263 g/mol. The van der Waals surface area contributed by atoms with Crippen molar-refractivity contribution in [3.8, 4) is 0 Å². The van der Waals surface area contributed by atoms with Crippen LogP contribution in [0.25, 0.3) is 0 Å². The summed E-state index contributed by atoms with van der Waals surface area (Å²) in [6, 6.07) is 7.45. The zero-order valence-electron chi connectivity index (χ0n) is 11.7. The normalized spacial score (nSPS) is 13.6. The molecule has 0 saturated carbocycles. The van der Waals surface area contributed by atoms with E-state index in [4.69, 9.17) is 0 Å². The number of hydrogen-bond acceptors (Lipinski definition) is 2. The fraction of sp³-hybridized carbons (Fsp3) is 0.467. The molecule has 0 aliphatic rings. The first-order valence-corrected chi connectivity index (χ1v) is 6.61. The topological polar surface area (TPSA) is 57.6 Å². The van der Waals surface area contributed by atoms with Crippen molar-refractivity contribution in [3.05, 3.63) is 35.4 Å². The molecule has 1 amide bonds. The Morgan fingerprint density at radius 3 is 2.16 bits per heavy atom. The van der Waals surface area contributed by atoms with Crippen LogP contribution in [0.3, 0.4) is 0 Å². The van der Waals surface area contributed by atoms with E-state index in [1.807, 2.05) is 31.2 Å². The highest BCUT2D eigenvalue weighted by atomic mass is 16.4. The monoisotopic (exact) mass is 263 g/mol. The Hall–Kier alpha value is -1.84. The van der Waals surface area contributed by atoms with Crippen molar-refractivity contribution in [2.45, 2.75) is 39.2 Å². The van der Waals surface area contributed by atoms with Crippen molar-refractivity contribution < 1.29 is 14.7 Å². The van der Waals surface area contributed by atoms with Crippen LogP contribution in [-0.2, 0) is 21.5 Å². The lowest BCUT2D eigenvalue weighted by molar-refractivity contribution is -0.156. The Bertz CT molecular complexity index is 441. The molecule has 104 valence electrons. The molecule has 1 atom stereocenters. The summed E-state index contributed by atoms with van der Waals surface area (Å²) in [6.45, 7) is 5.97. The van der Waals surface area contributed by atoms with Gasteiger partial charge < -0.3 is 10.0 Å². The summed E-state index contributed by atoms with van der Waals surface area (Å²) in [4.78, 5) is 24.3. The second kappa shape index (κ2) is 6.36.